The molecule has 1 aromatic carbocycles. The molecule has 2 heterocycles. The van der Waals surface area contributed by atoms with E-state index in [0.717, 1.165) is 12.6 Å². The number of fused-ring (bicyclic) bond motifs is 1. The highest BCUT2D eigenvalue weighted by molar-refractivity contribution is 5.30. The Morgan fingerprint density at radius 3 is 2.81 bits per heavy atom. The fourth-order valence-electron chi connectivity index (χ4n) is 3.85. The molecular formula is C18H29N3. The van der Waals surface area contributed by atoms with Crippen LogP contribution in [0, 0.1) is 0 Å². The second-order valence-corrected chi connectivity index (χ2v) is 6.72. The maximum Gasteiger partial charge on any atom is 0.0238 e. The molecule has 2 unspecified atom stereocenters. The van der Waals surface area contributed by atoms with Crippen LogP contribution in [0.1, 0.15) is 30.9 Å². The molecule has 3 nitrogen and oxygen atoms in total. The molecule has 116 valence electrons. The molecule has 1 fully saturated rings. The lowest BCUT2D eigenvalue weighted by Crippen LogP contribution is -2.49. The fourth-order valence-corrected chi connectivity index (χ4v) is 3.85. The van der Waals surface area contributed by atoms with Gasteiger partial charge < -0.3 is 10.2 Å². The Morgan fingerprint density at radius 2 is 2.00 bits per heavy atom. The number of hydrogen-bond acceptors (Lipinski definition) is 3. The second kappa shape index (κ2) is 6.91. The van der Waals surface area contributed by atoms with Gasteiger partial charge in [0.15, 0.2) is 0 Å². The maximum absolute atomic E-state index is 3.74. The molecule has 0 saturated carbocycles. The summed E-state index contributed by atoms with van der Waals surface area (Å²) in [6.45, 7) is 8.28. The summed E-state index contributed by atoms with van der Waals surface area (Å²) in [5, 5.41) is 3.74. The third-order valence-corrected chi connectivity index (χ3v) is 5.12. The van der Waals surface area contributed by atoms with Crippen molar-refractivity contribution in [3.05, 3.63) is 35.4 Å². The third-order valence-electron chi connectivity index (χ3n) is 5.12. The first kappa shape index (κ1) is 15.0. The van der Waals surface area contributed by atoms with Gasteiger partial charge >= 0.3 is 0 Å². The van der Waals surface area contributed by atoms with E-state index in [1.807, 2.05) is 0 Å². The van der Waals surface area contributed by atoms with Crippen LogP contribution in [0.2, 0.25) is 0 Å². The van der Waals surface area contributed by atoms with E-state index in [4.69, 9.17) is 0 Å². The Hall–Kier alpha value is -0.900. The first-order valence-electron chi connectivity index (χ1n) is 8.49. The van der Waals surface area contributed by atoms with Crippen LogP contribution in [0.4, 0.5) is 0 Å². The van der Waals surface area contributed by atoms with E-state index >= 15 is 0 Å². The SMILES string of the molecule is CCC1CN(C)CCCN1CC1Cc2ccccc2CN1. The lowest BCUT2D eigenvalue weighted by atomic mass is 9.95. The molecule has 1 N–H and O–H groups in total. The highest BCUT2D eigenvalue weighted by Crippen LogP contribution is 2.19. The largest absolute Gasteiger partial charge is 0.308 e. The summed E-state index contributed by atoms with van der Waals surface area (Å²) >= 11 is 0. The van der Waals surface area contributed by atoms with Crippen molar-refractivity contribution < 1.29 is 0 Å². The minimum Gasteiger partial charge on any atom is -0.308 e. The molecule has 2 atom stereocenters. The zero-order valence-electron chi connectivity index (χ0n) is 13.5. The number of benzene rings is 1. The predicted octanol–water partition coefficient (Wildman–Crippen LogP) is 2.12. The lowest BCUT2D eigenvalue weighted by molar-refractivity contribution is 0.163. The van der Waals surface area contributed by atoms with Crippen molar-refractivity contribution in [1.29, 1.82) is 0 Å². The number of rotatable bonds is 3. The van der Waals surface area contributed by atoms with E-state index in [1.165, 1.54) is 51.0 Å². The minimum atomic E-state index is 0.609. The Morgan fingerprint density at radius 1 is 1.19 bits per heavy atom. The highest BCUT2D eigenvalue weighted by atomic mass is 15.2. The highest BCUT2D eigenvalue weighted by Gasteiger charge is 2.26. The quantitative estimate of drug-likeness (QED) is 0.919. The topological polar surface area (TPSA) is 18.5 Å². The Balaban J connectivity index is 1.63. The van der Waals surface area contributed by atoms with E-state index in [0.29, 0.717) is 6.04 Å². The van der Waals surface area contributed by atoms with Crippen molar-refractivity contribution in [2.45, 2.75) is 44.8 Å². The lowest BCUT2D eigenvalue weighted by Gasteiger charge is -2.35. The standard InChI is InChI=1S/C18H29N3/c1-3-18-14-20(2)9-6-10-21(18)13-17-11-15-7-4-5-8-16(15)12-19-17/h4-5,7-8,17-19H,3,6,9-14H2,1-2H3. The number of nitrogens with zero attached hydrogens (tertiary/aromatic N) is 2. The molecule has 2 aliphatic heterocycles. The molecule has 0 aliphatic carbocycles. The van der Waals surface area contributed by atoms with Crippen molar-refractivity contribution in [2.24, 2.45) is 0 Å². The van der Waals surface area contributed by atoms with Crippen LogP contribution in [0.25, 0.3) is 0 Å². The van der Waals surface area contributed by atoms with Gasteiger partial charge in [-0.1, -0.05) is 31.2 Å². The maximum atomic E-state index is 3.74. The van der Waals surface area contributed by atoms with Crippen molar-refractivity contribution in [2.75, 3.05) is 33.2 Å². The first-order chi connectivity index (χ1) is 10.3. The molecule has 3 rings (SSSR count). The zero-order chi connectivity index (χ0) is 14.7. The summed E-state index contributed by atoms with van der Waals surface area (Å²) in [4.78, 5) is 5.23. The van der Waals surface area contributed by atoms with Crippen LogP contribution in [0.15, 0.2) is 24.3 Å². The van der Waals surface area contributed by atoms with Crippen LogP contribution in [0.5, 0.6) is 0 Å². The molecule has 0 bridgehead atoms. The predicted molar refractivity (Wildman–Crippen MR) is 88.5 cm³/mol. The van der Waals surface area contributed by atoms with Gasteiger partial charge in [-0.15, -0.1) is 0 Å². The van der Waals surface area contributed by atoms with E-state index in [9.17, 15) is 0 Å². The summed E-state index contributed by atoms with van der Waals surface area (Å²) in [5.41, 5.74) is 3.03. The summed E-state index contributed by atoms with van der Waals surface area (Å²) in [6, 6.07) is 10.2. The molecule has 3 heteroatoms. The van der Waals surface area contributed by atoms with Gasteiger partial charge in [0.25, 0.3) is 0 Å². The van der Waals surface area contributed by atoms with Gasteiger partial charge in [-0.3, -0.25) is 4.90 Å². The first-order valence-corrected chi connectivity index (χ1v) is 8.49. The van der Waals surface area contributed by atoms with Crippen molar-refractivity contribution >= 4 is 0 Å². The van der Waals surface area contributed by atoms with Gasteiger partial charge in [0.2, 0.25) is 0 Å². The van der Waals surface area contributed by atoms with Gasteiger partial charge in [-0.25, -0.2) is 0 Å². The summed E-state index contributed by atoms with van der Waals surface area (Å²) in [7, 11) is 2.27. The molecule has 2 aliphatic rings. The van der Waals surface area contributed by atoms with Crippen LogP contribution in [0.3, 0.4) is 0 Å². The molecule has 1 saturated heterocycles. The van der Waals surface area contributed by atoms with Crippen molar-refractivity contribution in [3.8, 4) is 0 Å². The zero-order valence-corrected chi connectivity index (χ0v) is 13.5. The summed E-state index contributed by atoms with van der Waals surface area (Å²) in [5.74, 6) is 0. The Labute approximate surface area is 129 Å². The van der Waals surface area contributed by atoms with Gasteiger partial charge in [0.1, 0.15) is 0 Å². The van der Waals surface area contributed by atoms with Crippen LogP contribution < -0.4 is 5.32 Å². The fraction of sp³-hybridized carbons (Fsp3) is 0.667. The number of hydrogen-bond donors (Lipinski definition) is 1. The van der Waals surface area contributed by atoms with E-state index in [1.54, 1.807) is 5.56 Å². The van der Waals surface area contributed by atoms with Gasteiger partial charge in [-0.05, 0) is 50.5 Å². The van der Waals surface area contributed by atoms with Crippen LogP contribution in [-0.4, -0.2) is 55.1 Å². The molecule has 0 spiro atoms. The average molecular weight is 287 g/mol. The molecule has 0 amide bonds. The minimum absolute atomic E-state index is 0.609. The van der Waals surface area contributed by atoms with Crippen molar-refractivity contribution in [1.82, 2.24) is 15.1 Å². The number of nitrogens with one attached hydrogen (secondary N) is 1. The van der Waals surface area contributed by atoms with Gasteiger partial charge in [-0.2, -0.15) is 0 Å². The van der Waals surface area contributed by atoms with Crippen molar-refractivity contribution in [3.63, 3.8) is 0 Å². The Bertz CT molecular complexity index is 460. The molecule has 21 heavy (non-hydrogen) atoms. The smallest absolute Gasteiger partial charge is 0.0238 e. The molecule has 0 aromatic heterocycles. The van der Waals surface area contributed by atoms with E-state index in [2.05, 4.69) is 53.4 Å². The second-order valence-electron chi connectivity index (χ2n) is 6.72. The average Bonchev–Trinajstić information content (AvgIpc) is 2.68. The number of likely N-dealkylation sites (N-methyl/N-ethyl adjacent to an activating group) is 1. The van der Waals surface area contributed by atoms with Gasteiger partial charge in [0, 0.05) is 31.7 Å². The molecule has 1 aromatic rings. The van der Waals surface area contributed by atoms with Crippen LogP contribution >= 0.6 is 0 Å². The monoisotopic (exact) mass is 287 g/mol. The Kier molecular flexibility index (Phi) is 4.94. The third kappa shape index (κ3) is 3.65. The normalized spacial score (nSPS) is 28.1. The summed E-state index contributed by atoms with van der Waals surface area (Å²) in [6.07, 6.45) is 3.74. The van der Waals surface area contributed by atoms with Gasteiger partial charge in [0.05, 0.1) is 0 Å². The van der Waals surface area contributed by atoms with Crippen LogP contribution in [-0.2, 0) is 13.0 Å². The van der Waals surface area contributed by atoms with E-state index < -0.39 is 0 Å². The molecule has 0 radical (unpaired) electrons. The summed E-state index contributed by atoms with van der Waals surface area (Å²) < 4.78 is 0. The van der Waals surface area contributed by atoms with E-state index in [-0.39, 0.29) is 0 Å². The molecular weight excluding hydrogens is 258 g/mol.